The zero-order valence-electron chi connectivity index (χ0n) is 28.4. The highest BCUT2D eigenvalue weighted by molar-refractivity contribution is 9.12. The summed E-state index contributed by atoms with van der Waals surface area (Å²) in [6.45, 7) is 3.44. The second kappa shape index (κ2) is 22.4. The molecule has 0 aliphatic carbocycles. The fraction of sp³-hybridized carbons (Fsp3) is 0.629. The standard InChI is InChI=1S/C35H49Br4N3O7/c1-3-4-5-6-7-8-9-10-11-12-13-15-29(43)40-18-16-24-20-25(36)32(26(37)21-24)47-19-14-17-41-34(45)30-33(44)35(49-42-30)22-27(38)31(46-2)28(39)23-48-35/h20-21,23,33,44H,3-19,22H2,1-2H3,(H,40,43)(H,41,45). The Morgan fingerprint density at radius 2 is 1.57 bits per heavy atom. The highest BCUT2D eigenvalue weighted by Gasteiger charge is 2.54. The molecule has 0 saturated carbocycles. The topological polar surface area (TPSA) is 128 Å². The van der Waals surface area contributed by atoms with Gasteiger partial charge in [0, 0.05) is 24.0 Å². The van der Waals surface area contributed by atoms with Crippen molar-refractivity contribution in [3.63, 3.8) is 0 Å². The first-order chi connectivity index (χ1) is 23.6. The average Bonchev–Trinajstić information content (AvgIpc) is 3.31. The number of hydrogen-bond donors (Lipinski definition) is 3. The largest absolute Gasteiger partial charge is 0.495 e. The number of carbonyl (C=O) groups is 2. The number of benzene rings is 1. The predicted molar refractivity (Wildman–Crippen MR) is 206 cm³/mol. The minimum Gasteiger partial charge on any atom is -0.495 e. The van der Waals surface area contributed by atoms with Crippen LogP contribution in [0, 0.1) is 0 Å². The molecule has 2 unspecified atom stereocenters. The lowest BCUT2D eigenvalue weighted by Crippen LogP contribution is -2.49. The minimum atomic E-state index is -1.60. The maximum absolute atomic E-state index is 12.8. The van der Waals surface area contributed by atoms with Crippen LogP contribution in [0.1, 0.15) is 102 Å². The summed E-state index contributed by atoms with van der Waals surface area (Å²) in [4.78, 5) is 30.5. The van der Waals surface area contributed by atoms with Crippen molar-refractivity contribution in [2.24, 2.45) is 5.16 Å². The number of allylic oxidation sites excluding steroid dienone is 1. The van der Waals surface area contributed by atoms with E-state index in [2.05, 4.69) is 86.4 Å². The van der Waals surface area contributed by atoms with Crippen LogP contribution in [0.3, 0.4) is 0 Å². The van der Waals surface area contributed by atoms with E-state index in [0.29, 0.717) is 52.9 Å². The summed E-state index contributed by atoms with van der Waals surface area (Å²) in [5, 5.41) is 20.5. The highest BCUT2D eigenvalue weighted by atomic mass is 79.9. The molecular formula is C35H49Br4N3O7. The van der Waals surface area contributed by atoms with E-state index in [1.54, 1.807) is 0 Å². The Labute approximate surface area is 324 Å². The summed E-state index contributed by atoms with van der Waals surface area (Å²) in [6, 6.07) is 3.97. The van der Waals surface area contributed by atoms with Crippen LogP contribution in [-0.2, 0) is 30.3 Å². The van der Waals surface area contributed by atoms with Gasteiger partial charge < -0.3 is 34.8 Å². The van der Waals surface area contributed by atoms with Crippen LogP contribution in [0.2, 0.25) is 0 Å². The Morgan fingerprint density at radius 1 is 0.939 bits per heavy atom. The van der Waals surface area contributed by atoms with Crippen molar-refractivity contribution >= 4 is 81.2 Å². The molecule has 274 valence electrons. The molecule has 3 N–H and O–H groups in total. The Bertz CT molecular complexity index is 1320. The fourth-order valence-electron chi connectivity index (χ4n) is 5.51. The van der Waals surface area contributed by atoms with Gasteiger partial charge in [-0.05, 0) is 84.7 Å². The number of aliphatic hydroxyl groups excluding tert-OH is 1. The molecule has 2 amide bonds. The second-order valence-corrected chi connectivity index (χ2v) is 15.7. The molecule has 1 aromatic rings. The summed E-state index contributed by atoms with van der Waals surface area (Å²) in [5.74, 6) is -0.926. The summed E-state index contributed by atoms with van der Waals surface area (Å²) in [5.41, 5.74) is 0.878. The Hall–Kier alpha value is -1.61. The Kier molecular flexibility index (Phi) is 19.1. The summed E-state index contributed by atoms with van der Waals surface area (Å²) in [7, 11) is 1.51. The lowest BCUT2D eigenvalue weighted by Gasteiger charge is -2.27. The smallest absolute Gasteiger partial charge is 0.311 e. The number of oxime groups is 1. The van der Waals surface area contributed by atoms with Crippen LogP contribution in [0.15, 0.2) is 47.2 Å². The normalized spacial score (nSPS) is 18.7. The van der Waals surface area contributed by atoms with Crippen LogP contribution < -0.4 is 15.4 Å². The van der Waals surface area contributed by atoms with E-state index in [1.165, 1.54) is 71.2 Å². The van der Waals surface area contributed by atoms with Crippen molar-refractivity contribution in [3.05, 3.63) is 47.6 Å². The van der Waals surface area contributed by atoms with Gasteiger partial charge in [0.1, 0.15) is 17.8 Å². The van der Waals surface area contributed by atoms with E-state index in [4.69, 9.17) is 19.0 Å². The molecule has 3 rings (SSSR count). The Balaban J connectivity index is 1.29. The number of nitrogens with zero attached hydrogens (tertiary/aromatic N) is 1. The molecule has 1 spiro atoms. The van der Waals surface area contributed by atoms with Gasteiger partial charge in [0.25, 0.3) is 5.91 Å². The summed E-state index contributed by atoms with van der Waals surface area (Å²) in [6.07, 6.45) is 15.7. The van der Waals surface area contributed by atoms with Gasteiger partial charge >= 0.3 is 5.79 Å². The third-order valence-corrected chi connectivity index (χ3v) is 10.7. The third kappa shape index (κ3) is 13.5. The van der Waals surface area contributed by atoms with E-state index in [9.17, 15) is 14.7 Å². The number of unbranched alkanes of at least 4 members (excludes halogenated alkanes) is 10. The van der Waals surface area contributed by atoms with Crippen molar-refractivity contribution in [3.8, 4) is 5.75 Å². The molecule has 0 fully saturated rings. The van der Waals surface area contributed by atoms with Gasteiger partial charge in [-0.1, -0.05) is 92.2 Å². The van der Waals surface area contributed by atoms with Gasteiger partial charge in [-0.25, -0.2) is 0 Å². The highest BCUT2D eigenvalue weighted by Crippen LogP contribution is 2.41. The average molecular weight is 943 g/mol. The molecule has 49 heavy (non-hydrogen) atoms. The van der Waals surface area contributed by atoms with E-state index < -0.39 is 17.8 Å². The lowest BCUT2D eigenvalue weighted by atomic mass is 10.0. The molecule has 10 nitrogen and oxygen atoms in total. The van der Waals surface area contributed by atoms with Gasteiger partial charge in [-0.2, -0.15) is 0 Å². The van der Waals surface area contributed by atoms with E-state index in [0.717, 1.165) is 27.4 Å². The first kappa shape index (κ1) is 41.8. The zero-order chi connectivity index (χ0) is 35.6. The zero-order valence-corrected chi connectivity index (χ0v) is 34.7. The van der Waals surface area contributed by atoms with Crippen LogP contribution in [-0.4, -0.2) is 61.3 Å². The van der Waals surface area contributed by atoms with Crippen LogP contribution in [0.25, 0.3) is 0 Å². The molecule has 1 aromatic carbocycles. The number of rotatable bonds is 22. The number of amides is 2. The van der Waals surface area contributed by atoms with Gasteiger partial charge in [0.15, 0.2) is 11.8 Å². The lowest BCUT2D eigenvalue weighted by molar-refractivity contribution is -0.225. The maximum atomic E-state index is 12.8. The van der Waals surface area contributed by atoms with Gasteiger partial charge in [-0.3, -0.25) is 9.59 Å². The van der Waals surface area contributed by atoms with Gasteiger partial charge in [0.05, 0.1) is 33.6 Å². The quantitative estimate of drug-likeness (QED) is 0.0993. The van der Waals surface area contributed by atoms with Crippen LogP contribution in [0.4, 0.5) is 0 Å². The van der Waals surface area contributed by atoms with Gasteiger partial charge in [0.2, 0.25) is 5.91 Å². The first-order valence-electron chi connectivity index (χ1n) is 17.2. The number of nitrogens with one attached hydrogen (secondary N) is 2. The molecule has 2 heterocycles. The van der Waals surface area contributed by atoms with Crippen molar-refractivity contribution in [2.75, 3.05) is 26.8 Å². The molecule has 0 bridgehead atoms. The third-order valence-electron chi connectivity index (χ3n) is 8.29. The van der Waals surface area contributed by atoms with Crippen molar-refractivity contribution in [1.82, 2.24) is 10.6 Å². The second-order valence-electron chi connectivity index (χ2n) is 12.2. The molecule has 2 atom stereocenters. The Morgan fingerprint density at radius 3 is 2.20 bits per heavy atom. The van der Waals surface area contributed by atoms with Crippen LogP contribution >= 0.6 is 63.7 Å². The molecule has 0 aromatic heterocycles. The summed E-state index contributed by atoms with van der Waals surface area (Å²) >= 11 is 14.0. The number of aliphatic hydroxyl groups is 1. The predicted octanol–water partition coefficient (Wildman–Crippen LogP) is 8.81. The van der Waals surface area contributed by atoms with E-state index in [1.807, 2.05) is 12.1 Å². The number of ether oxygens (including phenoxy) is 3. The van der Waals surface area contributed by atoms with Gasteiger partial charge in [-0.15, -0.1) is 0 Å². The van der Waals surface area contributed by atoms with Crippen LogP contribution in [0.5, 0.6) is 5.75 Å². The number of carbonyl (C=O) groups excluding carboxylic acids is 2. The minimum absolute atomic E-state index is 0.0632. The molecule has 2 aliphatic rings. The molecule has 0 radical (unpaired) electrons. The molecule has 2 aliphatic heterocycles. The van der Waals surface area contributed by atoms with Crippen molar-refractivity contribution in [1.29, 1.82) is 0 Å². The molecular weight excluding hydrogens is 894 g/mol. The van der Waals surface area contributed by atoms with Crippen molar-refractivity contribution < 1.29 is 33.7 Å². The van der Waals surface area contributed by atoms with Crippen molar-refractivity contribution in [2.45, 2.75) is 115 Å². The maximum Gasteiger partial charge on any atom is 0.311 e. The number of hydrogen-bond acceptors (Lipinski definition) is 8. The number of halogens is 4. The van der Waals surface area contributed by atoms with E-state index in [-0.39, 0.29) is 24.6 Å². The monoisotopic (exact) mass is 939 g/mol. The molecule has 0 saturated heterocycles. The SMILES string of the molecule is CCCCCCCCCCCCCC(=O)NCCc1cc(Br)c(OCCCNC(=O)C2=NOC3(CC(Br)=C(OC)C(Br)=CO3)C2O)c(Br)c1. The first-order valence-corrected chi connectivity index (χ1v) is 20.3. The summed E-state index contributed by atoms with van der Waals surface area (Å²) < 4.78 is 19.7. The van der Waals surface area contributed by atoms with E-state index >= 15 is 0 Å². The molecule has 14 heteroatoms. The fourth-order valence-corrected chi connectivity index (χ4v) is 8.55. The number of methoxy groups -OCH3 is 1.